The zero-order valence-corrected chi connectivity index (χ0v) is 11.9. The predicted octanol–water partition coefficient (Wildman–Crippen LogP) is 2.71. The van der Waals surface area contributed by atoms with E-state index in [1.807, 2.05) is 6.07 Å². The van der Waals surface area contributed by atoms with E-state index in [0.29, 0.717) is 0 Å². The molecule has 0 saturated heterocycles. The van der Waals surface area contributed by atoms with Crippen molar-refractivity contribution in [1.29, 1.82) is 0 Å². The van der Waals surface area contributed by atoms with E-state index in [9.17, 15) is 5.11 Å². The fourth-order valence-electron chi connectivity index (χ4n) is 2.71. The minimum atomic E-state index is 0.137. The molecule has 3 heteroatoms. The lowest BCUT2D eigenvalue weighted by molar-refractivity contribution is 0.207. The second-order valence-corrected chi connectivity index (χ2v) is 5.73. The van der Waals surface area contributed by atoms with Gasteiger partial charge in [0.15, 0.2) is 0 Å². The fraction of sp³-hybridized carbons (Fsp3) is 0.412. The first-order chi connectivity index (χ1) is 9.78. The number of nitrogens with one attached hydrogen (secondary N) is 1. The molecule has 0 spiro atoms. The monoisotopic (exact) mass is 271 g/mol. The lowest BCUT2D eigenvalue weighted by Gasteiger charge is -2.16. The molecule has 3 rings (SSSR count). The van der Waals surface area contributed by atoms with E-state index >= 15 is 0 Å². The topological polar surface area (TPSA) is 41.5 Å². The standard InChI is InChI=1S/C17H21NO2/c1-20-16-7-6-13-4-2-3-5-14(13)15(16)10-18-11-17(12-19)8-9-17/h2-7,18-19H,8-12H2,1H3. The summed E-state index contributed by atoms with van der Waals surface area (Å²) in [6.07, 6.45) is 2.26. The van der Waals surface area contributed by atoms with Crippen molar-refractivity contribution in [3.8, 4) is 5.75 Å². The number of aliphatic hydroxyl groups is 1. The maximum Gasteiger partial charge on any atom is 0.123 e. The van der Waals surface area contributed by atoms with Crippen LogP contribution in [-0.2, 0) is 6.54 Å². The Hall–Kier alpha value is -1.58. The first kappa shape index (κ1) is 13.4. The van der Waals surface area contributed by atoms with Gasteiger partial charge in [-0.1, -0.05) is 30.3 Å². The molecular formula is C17H21NO2. The lowest BCUT2D eigenvalue weighted by atomic mass is 10.0. The van der Waals surface area contributed by atoms with Crippen LogP contribution in [0, 0.1) is 5.41 Å². The van der Waals surface area contributed by atoms with Crippen LogP contribution in [0.2, 0.25) is 0 Å². The van der Waals surface area contributed by atoms with Gasteiger partial charge in [0.2, 0.25) is 0 Å². The normalized spacial score (nSPS) is 16.3. The van der Waals surface area contributed by atoms with E-state index in [-0.39, 0.29) is 12.0 Å². The summed E-state index contributed by atoms with van der Waals surface area (Å²) in [5, 5.41) is 15.3. The second kappa shape index (κ2) is 5.43. The molecule has 0 amide bonds. The van der Waals surface area contributed by atoms with Crippen LogP contribution in [0.4, 0.5) is 0 Å². The molecular weight excluding hydrogens is 250 g/mol. The maximum absolute atomic E-state index is 9.36. The van der Waals surface area contributed by atoms with Gasteiger partial charge in [-0.15, -0.1) is 0 Å². The van der Waals surface area contributed by atoms with E-state index in [1.165, 1.54) is 16.3 Å². The van der Waals surface area contributed by atoms with E-state index in [0.717, 1.165) is 31.7 Å². The van der Waals surface area contributed by atoms with Gasteiger partial charge in [0, 0.05) is 30.7 Å². The van der Waals surface area contributed by atoms with Crippen LogP contribution in [0.3, 0.4) is 0 Å². The van der Waals surface area contributed by atoms with Crippen molar-refractivity contribution in [2.45, 2.75) is 19.4 Å². The van der Waals surface area contributed by atoms with Gasteiger partial charge < -0.3 is 15.2 Å². The average molecular weight is 271 g/mol. The summed E-state index contributed by atoms with van der Waals surface area (Å²) in [6, 6.07) is 12.5. The molecule has 2 aromatic rings. The molecule has 0 unspecified atom stereocenters. The average Bonchev–Trinajstić information content (AvgIpc) is 3.28. The molecule has 1 saturated carbocycles. The molecule has 1 aliphatic carbocycles. The highest BCUT2D eigenvalue weighted by Crippen LogP contribution is 2.44. The van der Waals surface area contributed by atoms with Crippen LogP contribution in [-0.4, -0.2) is 25.4 Å². The van der Waals surface area contributed by atoms with Crippen molar-refractivity contribution in [2.75, 3.05) is 20.3 Å². The van der Waals surface area contributed by atoms with Crippen molar-refractivity contribution < 1.29 is 9.84 Å². The number of rotatable bonds is 6. The van der Waals surface area contributed by atoms with Crippen molar-refractivity contribution >= 4 is 10.8 Å². The maximum atomic E-state index is 9.36. The van der Waals surface area contributed by atoms with Crippen LogP contribution in [0.1, 0.15) is 18.4 Å². The molecule has 1 fully saturated rings. The van der Waals surface area contributed by atoms with Gasteiger partial charge in [-0.2, -0.15) is 0 Å². The van der Waals surface area contributed by atoms with Crippen LogP contribution < -0.4 is 10.1 Å². The van der Waals surface area contributed by atoms with Gasteiger partial charge in [-0.05, 0) is 29.7 Å². The Kier molecular flexibility index (Phi) is 3.64. The highest BCUT2D eigenvalue weighted by molar-refractivity contribution is 5.87. The molecule has 20 heavy (non-hydrogen) atoms. The third-order valence-electron chi connectivity index (χ3n) is 4.31. The third-order valence-corrected chi connectivity index (χ3v) is 4.31. The number of hydrogen-bond acceptors (Lipinski definition) is 3. The SMILES string of the molecule is COc1ccc2ccccc2c1CNCC1(CO)CC1. The zero-order chi connectivity index (χ0) is 14.0. The van der Waals surface area contributed by atoms with E-state index in [2.05, 4.69) is 35.6 Å². The molecule has 0 radical (unpaired) electrons. The Morgan fingerprint density at radius 1 is 1.20 bits per heavy atom. The smallest absolute Gasteiger partial charge is 0.123 e. The number of hydrogen-bond donors (Lipinski definition) is 2. The van der Waals surface area contributed by atoms with E-state index < -0.39 is 0 Å². The Bertz CT molecular complexity index is 605. The number of fused-ring (bicyclic) bond motifs is 1. The minimum Gasteiger partial charge on any atom is -0.496 e. The second-order valence-electron chi connectivity index (χ2n) is 5.73. The highest BCUT2D eigenvalue weighted by atomic mass is 16.5. The van der Waals surface area contributed by atoms with Crippen molar-refractivity contribution in [1.82, 2.24) is 5.32 Å². The molecule has 106 valence electrons. The predicted molar refractivity (Wildman–Crippen MR) is 81.0 cm³/mol. The summed E-state index contributed by atoms with van der Waals surface area (Å²) >= 11 is 0. The Balaban J connectivity index is 1.81. The highest BCUT2D eigenvalue weighted by Gasteiger charge is 2.41. The van der Waals surface area contributed by atoms with Crippen LogP contribution in [0.5, 0.6) is 5.75 Å². The van der Waals surface area contributed by atoms with Crippen molar-refractivity contribution in [3.05, 3.63) is 42.0 Å². The number of methoxy groups -OCH3 is 1. The molecule has 2 aromatic carbocycles. The van der Waals surface area contributed by atoms with Gasteiger partial charge >= 0.3 is 0 Å². The molecule has 0 bridgehead atoms. The summed E-state index contributed by atoms with van der Waals surface area (Å²) in [5.41, 5.74) is 1.33. The van der Waals surface area contributed by atoms with Crippen molar-refractivity contribution in [3.63, 3.8) is 0 Å². The summed E-state index contributed by atoms with van der Waals surface area (Å²) in [5.74, 6) is 0.921. The number of aliphatic hydroxyl groups excluding tert-OH is 1. The molecule has 2 N–H and O–H groups in total. The molecule has 1 aliphatic rings. The first-order valence-electron chi connectivity index (χ1n) is 7.14. The summed E-state index contributed by atoms with van der Waals surface area (Å²) in [7, 11) is 1.71. The van der Waals surface area contributed by atoms with Gasteiger partial charge in [0.1, 0.15) is 5.75 Å². The first-order valence-corrected chi connectivity index (χ1v) is 7.14. The van der Waals surface area contributed by atoms with Gasteiger partial charge in [0.25, 0.3) is 0 Å². The summed E-state index contributed by atoms with van der Waals surface area (Å²) in [6.45, 7) is 1.93. The largest absolute Gasteiger partial charge is 0.496 e. The number of ether oxygens (including phenoxy) is 1. The summed E-state index contributed by atoms with van der Waals surface area (Å²) in [4.78, 5) is 0. The van der Waals surface area contributed by atoms with Gasteiger partial charge in [0.05, 0.1) is 7.11 Å². The number of benzene rings is 2. The summed E-state index contributed by atoms with van der Waals surface area (Å²) < 4.78 is 5.49. The molecule has 0 atom stereocenters. The zero-order valence-electron chi connectivity index (χ0n) is 11.9. The van der Waals surface area contributed by atoms with Crippen LogP contribution >= 0.6 is 0 Å². The molecule has 0 aromatic heterocycles. The Morgan fingerprint density at radius 2 is 2.00 bits per heavy atom. The molecule has 0 aliphatic heterocycles. The third kappa shape index (κ3) is 2.51. The Labute approximate surface area is 119 Å². The van der Waals surface area contributed by atoms with Crippen LogP contribution in [0.25, 0.3) is 10.8 Å². The molecule has 0 heterocycles. The fourth-order valence-corrected chi connectivity index (χ4v) is 2.71. The van der Waals surface area contributed by atoms with Crippen molar-refractivity contribution in [2.24, 2.45) is 5.41 Å². The van der Waals surface area contributed by atoms with E-state index in [4.69, 9.17) is 4.74 Å². The van der Waals surface area contributed by atoms with E-state index in [1.54, 1.807) is 7.11 Å². The molecule has 3 nitrogen and oxygen atoms in total. The minimum absolute atomic E-state index is 0.137. The van der Waals surface area contributed by atoms with Crippen LogP contribution in [0.15, 0.2) is 36.4 Å². The van der Waals surface area contributed by atoms with Gasteiger partial charge in [-0.25, -0.2) is 0 Å². The quantitative estimate of drug-likeness (QED) is 0.849. The lowest BCUT2D eigenvalue weighted by Crippen LogP contribution is -2.26. The van der Waals surface area contributed by atoms with Gasteiger partial charge in [-0.3, -0.25) is 0 Å². The Morgan fingerprint density at radius 3 is 2.70 bits per heavy atom.